The lowest BCUT2D eigenvalue weighted by Gasteiger charge is -2.20. The van der Waals surface area contributed by atoms with Crippen LogP contribution in [-0.2, 0) is 23.1 Å². The van der Waals surface area contributed by atoms with Crippen LogP contribution in [0, 0.1) is 0 Å². The van der Waals surface area contributed by atoms with Crippen LogP contribution in [0.3, 0.4) is 0 Å². The molecule has 0 radical (unpaired) electrons. The van der Waals surface area contributed by atoms with Crippen molar-refractivity contribution in [3.05, 3.63) is 47.5 Å². The smallest absolute Gasteiger partial charge is 0.294 e. The predicted octanol–water partition coefficient (Wildman–Crippen LogP) is 2.58. The van der Waals surface area contributed by atoms with Crippen molar-refractivity contribution in [2.24, 2.45) is 10.2 Å². The molecule has 0 bridgehead atoms. The number of hydrogen-bond donors (Lipinski definition) is 3. The summed E-state index contributed by atoms with van der Waals surface area (Å²) in [7, 11) is -4.20. The second kappa shape index (κ2) is 6.07. The molecular weight excluding hydrogens is 316 g/mol. The number of nitrogens with zero attached hydrogens (tertiary/aromatic N) is 2. The summed E-state index contributed by atoms with van der Waals surface area (Å²) in [6, 6.07) is 9.16. The molecular formula is C15H16N4O3S. The normalized spacial score (nSPS) is 14.8. The zero-order valence-corrected chi connectivity index (χ0v) is 13.0. The predicted molar refractivity (Wildman–Crippen MR) is 86.7 cm³/mol. The Kier molecular flexibility index (Phi) is 4.12. The van der Waals surface area contributed by atoms with Gasteiger partial charge in [-0.15, -0.1) is 0 Å². The van der Waals surface area contributed by atoms with E-state index >= 15 is 0 Å². The molecule has 0 spiro atoms. The first-order valence-electron chi connectivity index (χ1n) is 7.05. The number of benzene rings is 2. The molecule has 0 aliphatic carbocycles. The van der Waals surface area contributed by atoms with Gasteiger partial charge in [-0.05, 0) is 60.5 Å². The van der Waals surface area contributed by atoms with E-state index in [0.29, 0.717) is 12.2 Å². The van der Waals surface area contributed by atoms with E-state index < -0.39 is 10.1 Å². The van der Waals surface area contributed by atoms with E-state index in [2.05, 4.69) is 15.5 Å². The molecule has 8 heteroatoms. The Labute approximate surface area is 134 Å². The summed E-state index contributed by atoms with van der Waals surface area (Å²) in [5.41, 5.74) is 10.1. The Hall–Kier alpha value is -2.29. The Morgan fingerprint density at radius 3 is 2.48 bits per heavy atom. The van der Waals surface area contributed by atoms with Gasteiger partial charge in [0.1, 0.15) is 0 Å². The highest BCUT2D eigenvalue weighted by atomic mass is 32.2. The first kappa shape index (κ1) is 15.6. The third kappa shape index (κ3) is 3.39. The molecule has 7 nitrogen and oxygen atoms in total. The quantitative estimate of drug-likeness (QED) is 0.453. The van der Waals surface area contributed by atoms with E-state index in [1.165, 1.54) is 24.3 Å². The molecule has 4 N–H and O–H groups in total. The maximum Gasteiger partial charge on any atom is 0.294 e. The molecule has 1 aliphatic rings. The van der Waals surface area contributed by atoms with Gasteiger partial charge < -0.3 is 11.1 Å². The molecule has 120 valence electrons. The minimum absolute atomic E-state index is 0.175. The average Bonchev–Trinajstić information content (AvgIpc) is 2.54. The van der Waals surface area contributed by atoms with Gasteiger partial charge in [0, 0.05) is 12.2 Å². The topological polar surface area (TPSA) is 117 Å². The minimum Gasteiger partial charge on any atom is -0.398 e. The number of nitrogens with two attached hydrogens (primary N) is 1. The number of nitrogens with one attached hydrogen (secondary N) is 1. The maximum absolute atomic E-state index is 11.0. The highest BCUT2D eigenvalue weighted by molar-refractivity contribution is 7.85. The molecule has 2 aromatic rings. The lowest BCUT2D eigenvalue weighted by molar-refractivity contribution is 0.483. The summed E-state index contributed by atoms with van der Waals surface area (Å²) in [5.74, 6) is 0. The van der Waals surface area contributed by atoms with Gasteiger partial charge in [-0.2, -0.15) is 18.6 Å². The molecule has 23 heavy (non-hydrogen) atoms. The molecule has 2 aromatic carbocycles. The Morgan fingerprint density at radius 1 is 1.04 bits per heavy atom. The monoisotopic (exact) mass is 332 g/mol. The van der Waals surface area contributed by atoms with Crippen LogP contribution in [0.4, 0.5) is 17.1 Å². The van der Waals surface area contributed by atoms with Crippen molar-refractivity contribution in [1.82, 2.24) is 5.32 Å². The molecule has 3 rings (SSSR count). The molecule has 0 aromatic heterocycles. The van der Waals surface area contributed by atoms with Crippen molar-refractivity contribution in [1.29, 1.82) is 0 Å². The minimum atomic E-state index is -4.20. The zero-order chi connectivity index (χ0) is 16.4. The van der Waals surface area contributed by atoms with Crippen LogP contribution in [0.25, 0.3) is 0 Å². The number of nitrogen functional groups attached to an aromatic ring is 1. The Balaban J connectivity index is 1.89. The molecule has 0 amide bonds. The molecule has 0 fully saturated rings. The molecule has 1 heterocycles. The van der Waals surface area contributed by atoms with Crippen molar-refractivity contribution in [2.45, 2.75) is 17.9 Å². The molecule has 0 unspecified atom stereocenters. The van der Waals surface area contributed by atoms with E-state index in [4.69, 9.17) is 10.3 Å². The standard InChI is InChI=1S/C15H16N4O3S/c16-14-5-6-15(13-9-17-8-7-12(13)14)19-18-10-1-3-11(4-2-10)23(20,21)22/h1-6,17H,7-9,16H2,(H,20,21,22)/b19-18+. The van der Waals surface area contributed by atoms with E-state index in [0.717, 1.165) is 35.5 Å². The van der Waals surface area contributed by atoms with Crippen LogP contribution >= 0.6 is 0 Å². The fraction of sp³-hybridized carbons (Fsp3) is 0.200. The van der Waals surface area contributed by atoms with Gasteiger partial charge in [-0.25, -0.2) is 0 Å². The van der Waals surface area contributed by atoms with Crippen LogP contribution < -0.4 is 11.1 Å². The van der Waals surface area contributed by atoms with E-state index in [1.807, 2.05) is 12.1 Å². The molecule has 0 saturated heterocycles. The summed E-state index contributed by atoms with van der Waals surface area (Å²) < 4.78 is 30.9. The fourth-order valence-electron chi connectivity index (χ4n) is 2.51. The summed E-state index contributed by atoms with van der Waals surface area (Å²) in [6.45, 7) is 1.57. The number of fused-ring (bicyclic) bond motifs is 1. The second-order valence-electron chi connectivity index (χ2n) is 5.23. The van der Waals surface area contributed by atoms with Crippen molar-refractivity contribution in [3.8, 4) is 0 Å². The Bertz CT molecular complexity index is 861. The van der Waals surface area contributed by atoms with Gasteiger partial charge >= 0.3 is 0 Å². The van der Waals surface area contributed by atoms with Crippen LogP contribution in [0.15, 0.2) is 51.5 Å². The van der Waals surface area contributed by atoms with Crippen LogP contribution in [0.1, 0.15) is 11.1 Å². The fourth-order valence-corrected chi connectivity index (χ4v) is 2.99. The van der Waals surface area contributed by atoms with Crippen LogP contribution in [-0.4, -0.2) is 19.5 Å². The molecule has 1 aliphatic heterocycles. The third-order valence-corrected chi connectivity index (χ3v) is 4.57. The third-order valence-electron chi connectivity index (χ3n) is 3.70. The summed E-state index contributed by atoms with van der Waals surface area (Å²) in [4.78, 5) is -0.175. The second-order valence-corrected chi connectivity index (χ2v) is 6.65. The average molecular weight is 332 g/mol. The van der Waals surface area contributed by atoms with E-state index in [-0.39, 0.29) is 4.90 Å². The Morgan fingerprint density at radius 2 is 1.78 bits per heavy atom. The molecule has 0 saturated carbocycles. The number of rotatable bonds is 3. The van der Waals surface area contributed by atoms with E-state index in [1.54, 1.807) is 0 Å². The SMILES string of the molecule is Nc1ccc(/N=N/c2ccc(S(=O)(=O)O)cc2)c2c1CCNC2. The highest BCUT2D eigenvalue weighted by Crippen LogP contribution is 2.31. The first-order valence-corrected chi connectivity index (χ1v) is 8.49. The van der Waals surface area contributed by atoms with Crippen molar-refractivity contribution in [3.63, 3.8) is 0 Å². The summed E-state index contributed by atoms with van der Waals surface area (Å²) in [6.07, 6.45) is 0.855. The lowest BCUT2D eigenvalue weighted by Crippen LogP contribution is -2.24. The first-order chi connectivity index (χ1) is 10.9. The highest BCUT2D eigenvalue weighted by Gasteiger charge is 2.15. The van der Waals surface area contributed by atoms with Crippen LogP contribution in [0.5, 0.6) is 0 Å². The largest absolute Gasteiger partial charge is 0.398 e. The number of azo groups is 1. The van der Waals surface area contributed by atoms with Gasteiger partial charge in [-0.3, -0.25) is 4.55 Å². The summed E-state index contributed by atoms with van der Waals surface area (Å²) >= 11 is 0. The molecule has 0 atom stereocenters. The lowest BCUT2D eigenvalue weighted by atomic mass is 9.97. The van der Waals surface area contributed by atoms with Crippen LogP contribution in [0.2, 0.25) is 0 Å². The van der Waals surface area contributed by atoms with Gasteiger partial charge in [0.05, 0.1) is 16.3 Å². The van der Waals surface area contributed by atoms with E-state index in [9.17, 15) is 8.42 Å². The van der Waals surface area contributed by atoms with Crippen molar-refractivity contribution < 1.29 is 13.0 Å². The van der Waals surface area contributed by atoms with Crippen molar-refractivity contribution >= 4 is 27.2 Å². The number of anilines is 1. The van der Waals surface area contributed by atoms with Gasteiger partial charge in [0.25, 0.3) is 10.1 Å². The van der Waals surface area contributed by atoms with Gasteiger partial charge in [0.2, 0.25) is 0 Å². The maximum atomic E-state index is 11.0. The zero-order valence-electron chi connectivity index (χ0n) is 12.2. The van der Waals surface area contributed by atoms with Crippen molar-refractivity contribution in [2.75, 3.05) is 12.3 Å². The number of hydrogen-bond acceptors (Lipinski definition) is 6. The van der Waals surface area contributed by atoms with Gasteiger partial charge in [-0.1, -0.05) is 0 Å². The summed E-state index contributed by atoms with van der Waals surface area (Å²) in [5, 5.41) is 11.6. The van der Waals surface area contributed by atoms with Gasteiger partial charge in [0.15, 0.2) is 0 Å².